The van der Waals surface area contributed by atoms with Crippen LogP contribution in [-0.4, -0.2) is 13.1 Å². The highest BCUT2D eigenvalue weighted by Crippen LogP contribution is 2.45. The van der Waals surface area contributed by atoms with Gasteiger partial charge in [-0.1, -0.05) is 52.9 Å². The fourth-order valence-electron chi connectivity index (χ4n) is 4.76. The predicted molar refractivity (Wildman–Crippen MR) is 88.9 cm³/mol. The lowest BCUT2D eigenvalue weighted by atomic mass is 9.63. The summed E-state index contributed by atoms with van der Waals surface area (Å²) in [4.78, 5) is 0. The molecule has 0 amide bonds. The van der Waals surface area contributed by atoms with Crippen molar-refractivity contribution >= 4 is 0 Å². The van der Waals surface area contributed by atoms with Gasteiger partial charge in [-0.15, -0.1) is 0 Å². The van der Waals surface area contributed by atoms with Crippen LogP contribution in [0.1, 0.15) is 78.6 Å². The fourth-order valence-corrected chi connectivity index (χ4v) is 4.76. The quantitative estimate of drug-likeness (QED) is 0.654. The van der Waals surface area contributed by atoms with Gasteiger partial charge in [-0.3, -0.25) is 0 Å². The van der Waals surface area contributed by atoms with Crippen molar-refractivity contribution in [3.05, 3.63) is 0 Å². The molecule has 0 spiro atoms. The third-order valence-corrected chi connectivity index (χ3v) is 6.12. The molecule has 1 nitrogen and oxygen atoms in total. The van der Waals surface area contributed by atoms with Crippen molar-refractivity contribution in [3.63, 3.8) is 0 Å². The molecular weight excluding hydrogens is 242 g/mol. The molecule has 3 atom stereocenters. The summed E-state index contributed by atoms with van der Waals surface area (Å²) in [5.41, 5.74) is 0. The van der Waals surface area contributed by atoms with Crippen LogP contribution >= 0.6 is 0 Å². The van der Waals surface area contributed by atoms with E-state index in [1.807, 2.05) is 0 Å². The van der Waals surface area contributed by atoms with E-state index in [1.54, 1.807) is 0 Å². The highest BCUT2D eigenvalue weighted by molar-refractivity contribution is 4.87. The smallest absolute Gasteiger partial charge is 0.00178 e. The summed E-state index contributed by atoms with van der Waals surface area (Å²) in [5, 5.41) is 3.72. The molecule has 2 saturated carbocycles. The van der Waals surface area contributed by atoms with Gasteiger partial charge in [-0.2, -0.15) is 0 Å². The molecule has 0 aromatic carbocycles. The van der Waals surface area contributed by atoms with Crippen molar-refractivity contribution in [2.45, 2.75) is 78.6 Å². The summed E-state index contributed by atoms with van der Waals surface area (Å²) in [7, 11) is 0. The molecular formula is C19H37N. The number of hydrogen-bond acceptors (Lipinski definition) is 1. The summed E-state index contributed by atoms with van der Waals surface area (Å²) in [5.74, 6) is 4.95. The molecule has 2 aliphatic rings. The SMILES string of the molecule is CCCNCC1CCC(C(C)C)CC1C1CCCCC1. The second-order valence-electron chi connectivity index (χ2n) is 7.84. The Balaban J connectivity index is 1.93. The second-order valence-corrected chi connectivity index (χ2v) is 7.84. The Morgan fingerprint density at radius 2 is 1.75 bits per heavy atom. The van der Waals surface area contributed by atoms with Crippen LogP contribution in [0.15, 0.2) is 0 Å². The normalized spacial score (nSPS) is 32.7. The Morgan fingerprint density at radius 3 is 2.40 bits per heavy atom. The monoisotopic (exact) mass is 279 g/mol. The molecule has 0 heterocycles. The lowest BCUT2D eigenvalue weighted by Crippen LogP contribution is -2.38. The summed E-state index contributed by atoms with van der Waals surface area (Å²) >= 11 is 0. The fraction of sp³-hybridized carbons (Fsp3) is 1.00. The van der Waals surface area contributed by atoms with Crippen molar-refractivity contribution < 1.29 is 0 Å². The Kier molecular flexibility index (Phi) is 6.87. The van der Waals surface area contributed by atoms with E-state index in [0.717, 1.165) is 29.6 Å². The lowest BCUT2D eigenvalue weighted by Gasteiger charge is -2.43. The summed E-state index contributed by atoms with van der Waals surface area (Å²) < 4.78 is 0. The maximum absolute atomic E-state index is 3.72. The molecule has 0 aromatic heterocycles. The van der Waals surface area contributed by atoms with Gasteiger partial charge in [0.25, 0.3) is 0 Å². The van der Waals surface area contributed by atoms with E-state index in [-0.39, 0.29) is 0 Å². The molecule has 0 aromatic rings. The lowest BCUT2D eigenvalue weighted by molar-refractivity contribution is 0.0788. The molecule has 0 bridgehead atoms. The first kappa shape index (κ1) is 16.3. The Labute approximate surface area is 127 Å². The second kappa shape index (κ2) is 8.41. The number of nitrogens with one attached hydrogen (secondary N) is 1. The van der Waals surface area contributed by atoms with E-state index in [9.17, 15) is 0 Å². The third-order valence-electron chi connectivity index (χ3n) is 6.12. The molecule has 0 radical (unpaired) electrons. The van der Waals surface area contributed by atoms with Crippen LogP contribution in [0, 0.1) is 29.6 Å². The van der Waals surface area contributed by atoms with Gasteiger partial charge in [0.05, 0.1) is 0 Å². The van der Waals surface area contributed by atoms with Gasteiger partial charge in [0.15, 0.2) is 0 Å². The van der Waals surface area contributed by atoms with Gasteiger partial charge in [0, 0.05) is 0 Å². The largest absolute Gasteiger partial charge is 0.316 e. The van der Waals surface area contributed by atoms with Gasteiger partial charge in [0.1, 0.15) is 0 Å². The Bertz CT molecular complexity index is 254. The van der Waals surface area contributed by atoms with E-state index < -0.39 is 0 Å². The summed E-state index contributed by atoms with van der Waals surface area (Å²) in [6, 6.07) is 0. The van der Waals surface area contributed by atoms with Crippen molar-refractivity contribution in [1.29, 1.82) is 0 Å². The van der Waals surface area contributed by atoms with Crippen LogP contribution in [0.3, 0.4) is 0 Å². The molecule has 2 rings (SSSR count). The van der Waals surface area contributed by atoms with E-state index in [1.165, 1.54) is 70.9 Å². The Morgan fingerprint density at radius 1 is 1.00 bits per heavy atom. The Hall–Kier alpha value is -0.0400. The van der Waals surface area contributed by atoms with Gasteiger partial charge in [-0.05, 0) is 68.4 Å². The first-order chi connectivity index (χ1) is 9.72. The third kappa shape index (κ3) is 4.48. The molecule has 2 fully saturated rings. The number of hydrogen-bond donors (Lipinski definition) is 1. The summed E-state index contributed by atoms with van der Waals surface area (Å²) in [6.07, 6.45) is 13.3. The van der Waals surface area contributed by atoms with Crippen LogP contribution in [0.4, 0.5) is 0 Å². The molecule has 1 N–H and O–H groups in total. The number of rotatable bonds is 6. The molecule has 20 heavy (non-hydrogen) atoms. The van der Waals surface area contributed by atoms with Gasteiger partial charge >= 0.3 is 0 Å². The average Bonchev–Trinajstić information content (AvgIpc) is 2.48. The van der Waals surface area contributed by atoms with Crippen molar-refractivity contribution in [2.75, 3.05) is 13.1 Å². The van der Waals surface area contributed by atoms with Gasteiger partial charge in [-0.25, -0.2) is 0 Å². The van der Waals surface area contributed by atoms with Gasteiger partial charge in [0.2, 0.25) is 0 Å². The molecule has 0 saturated heterocycles. The first-order valence-electron chi connectivity index (χ1n) is 9.43. The minimum absolute atomic E-state index is 0.894. The van der Waals surface area contributed by atoms with E-state index >= 15 is 0 Å². The summed E-state index contributed by atoms with van der Waals surface area (Å²) in [6.45, 7) is 9.67. The van der Waals surface area contributed by atoms with Crippen LogP contribution in [0.5, 0.6) is 0 Å². The van der Waals surface area contributed by atoms with E-state index in [2.05, 4.69) is 26.1 Å². The standard InChI is InChI=1S/C19H37N/c1-4-12-20-14-18-11-10-17(15(2)3)13-19(18)16-8-6-5-7-9-16/h15-20H,4-14H2,1-3H3. The maximum atomic E-state index is 3.72. The minimum Gasteiger partial charge on any atom is -0.316 e. The highest BCUT2D eigenvalue weighted by Gasteiger charge is 2.36. The van der Waals surface area contributed by atoms with Crippen LogP contribution in [-0.2, 0) is 0 Å². The zero-order chi connectivity index (χ0) is 14.4. The molecule has 0 aliphatic heterocycles. The van der Waals surface area contributed by atoms with Crippen molar-refractivity contribution in [2.24, 2.45) is 29.6 Å². The zero-order valence-corrected chi connectivity index (χ0v) is 14.2. The van der Waals surface area contributed by atoms with Gasteiger partial charge < -0.3 is 5.32 Å². The zero-order valence-electron chi connectivity index (χ0n) is 14.2. The first-order valence-corrected chi connectivity index (χ1v) is 9.43. The predicted octanol–water partition coefficient (Wildman–Crippen LogP) is 5.25. The van der Waals surface area contributed by atoms with E-state index in [4.69, 9.17) is 0 Å². The average molecular weight is 280 g/mol. The van der Waals surface area contributed by atoms with E-state index in [0.29, 0.717) is 0 Å². The molecule has 2 aliphatic carbocycles. The van der Waals surface area contributed by atoms with Crippen LogP contribution in [0.2, 0.25) is 0 Å². The van der Waals surface area contributed by atoms with Crippen LogP contribution in [0.25, 0.3) is 0 Å². The van der Waals surface area contributed by atoms with Crippen molar-refractivity contribution in [3.8, 4) is 0 Å². The molecule has 118 valence electrons. The topological polar surface area (TPSA) is 12.0 Å². The maximum Gasteiger partial charge on any atom is -0.00178 e. The highest BCUT2D eigenvalue weighted by atomic mass is 14.9. The van der Waals surface area contributed by atoms with Crippen molar-refractivity contribution in [1.82, 2.24) is 5.32 Å². The molecule has 1 heteroatoms. The molecule has 3 unspecified atom stereocenters. The minimum atomic E-state index is 0.894. The van der Waals surface area contributed by atoms with Crippen LogP contribution < -0.4 is 5.32 Å².